The van der Waals surface area contributed by atoms with E-state index in [0.717, 1.165) is 28.6 Å². The van der Waals surface area contributed by atoms with Gasteiger partial charge in [-0.3, -0.25) is 0 Å². The Morgan fingerprint density at radius 3 is 1.55 bits per heavy atom. The van der Waals surface area contributed by atoms with E-state index in [0.29, 0.717) is 23.0 Å². The number of anilines is 1. The van der Waals surface area contributed by atoms with E-state index >= 15 is 0 Å². The topological polar surface area (TPSA) is 3.24 Å². The Hall–Kier alpha value is -2.30. The van der Waals surface area contributed by atoms with Gasteiger partial charge in [-0.1, -0.05) is 102 Å². The van der Waals surface area contributed by atoms with Crippen LogP contribution < -0.4 is 4.90 Å². The lowest BCUT2D eigenvalue weighted by atomic mass is 9.83. The van der Waals surface area contributed by atoms with Crippen molar-refractivity contribution in [2.24, 2.45) is 0 Å². The lowest BCUT2D eigenvalue weighted by molar-refractivity contribution is -0.180. The predicted molar refractivity (Wildman–Crippen MR) is 199 cm³/mol. The summed E-state index contributed by atoms with van der Waals surface area (Å²) in [6, 6.07) is 26.1. The zero-order valence-corrected chi connectivity index (χ0v) is 32.6. The summed E-state index contributed by atoms with van der Waals surface area (Å²) in [6.45, 7) is 6.46. The monoisotopic (exact) mass is 873 g/mol. The summed E-state index contributed by atoms with van der Waals surface area (Å²) in [5.74, 6) is 0. The van der Waals surface area contributed by atoms with Gasteiger partial charge in [-0.15, -0.1) is 0 Å². The van der Waals surface area contributed by atoms with E-state index in [9.17, 15) is 26.3 Å². The van der Waals surface area contributed by atoms with Crippen molar-refractivity contribution in [1.29, 1.82) is 0 Å². The molecule has 0 bridgehead atoms. The minimum absolute atomic E-state index is 0.291. The van der Waals surface area contributed by atoms with Crippen molar-refractivity contribution in [3.05, 3.63) is 133 Å². The summed E-state index contributed by atoms with van der Waals surface area (Å²) in [5, 5.41) is 0.653. The Labute approximate surface area is 310 Å². The van der Waals surface area contributed by atoms with Gasteiger partial charge in [0.25, 0.3) is 0 Å². The van der Waals surface area contributed by atoms with Crippen molar-refractivity contribution in [1.82, 2.24) is 0 Å². The van der Waals surface area contributed by atoms with Gasteiger partial charge in [0.15, 0.2) is 0 Å². The largest absolute Gasteiger partial charge is 0.397 e. The number of hydrogen-bond donors (Lipinski definition) is 0. The van der Waals surface area contributed by atoms with Crippen molar-refractivity contribution >= 4 is 53.5 Å². The number of nitrogens with zero attached hydrogens (tertiary/aromatic N) is 1. The summed E-state index contributed by atoms with van der Waals surface area (Å²) < 4.78 is 79.8. The first-order valence-electron chi connectivity index (χ1n) is 16.0. The minimum Gasteiger partial charge on any atom is -0.367 e. The van der Waals surface area contributed by atoms with Gasteiger partial charge in [-0.05, 0) is 123 Å². The quantitative estimate of drug-likeness (QED) is 0.143. The molecule has 0 aromatic heterocycles. The standard InChI is InChI=1S/C19H19BrF3N.C11H12BrF3.C9H9Br/c1-18(2,19(21,22)23)15-5-3-13(4-6-15)12-24-10-9-14-11-16(20)7-8-17(14)24;1-10(2,11(13,14)15)9-5-3-8(7-12)4-6-9;10-9-5-4-7-2-1-3-8(7)6-9/h3-8,11H,9-10,12H2,1-2H3;3-6H,7H2,1-2H3;4-6H,1-3H2. The maximum Gasteiger partial charge on any atom is 0.397 e. The molecular formula is C39H40Br3F6N. The smallest absolute Gasteiger partial charge is 0.367 e. The van der Waals surface area contributed by atoms with Crippen molar-refractivity contribution in [3.63, 3.8) is 0 Å². The number of halogens is 9. The van der Waals surface area contributed by atoms with E-state index in [2.05, 4.69) is 83.0 Å². The highest BCUT2D eigenvalue weighted by Crippen LogP contribution is 2.41. The molecule has 0 saturated carbocycles. The predicted octanol–water partition coefficient (Wildman–Crippen LogP) is 13.2. The first-order valence-corrected chi connectivity index (χ1v) is 18.7. The molecule has 0 amide bonds. The second kappa shape index (κ2) is 15.9. The lowest BCUT2D eigenvalue weighted by Crippen LogP contribution is -2.36. The van der Waals surface area contributed by atoms with Crippen LogP contribution in [0, 0.1) is 0 Å². The minimum atomic E-state index is -4.25. The van der Waals surface area contributed by atoms with Crippen molar-refractivity contribution in [2.45, 2.75) is 88.4 Å². The third kappa shape index (κ3) is 9.73. The molecule has 10 heteroatoms. The molecule has 1 aliphatic carbocycles. The Morgan fingerprint density at radius 2 is 1.04 bits per heavy atom. The maximum atomic E-state index is 13.1. The number of rotatable bonds is 5. The maximum absolute atomic E-state index is 13.1. The van der Waals surface area contributed by atoms with Crippen molar-refractivity contribution in [2.75, 3.05) is 11.4 Å². The second-order valence-electron chi connectivity index (χ2n) is 13.5. The summed E-state index contributed by atoms with van der Waals surface area (Å²) in [7, 11) is 0. The Kier molecular flexibility index (Phi) is 12.8. The molecule has 1 nitrogen and oxygen atoms in total. The molecule has 1 heterocycles. The van der Waals surface area contributed by atoms with Crippen LogP contribution in [-0.2, 0) is 42.0 Å². The fourth-order valence-corrected chi connectivity index (χ4v) is 6.92. The first kappa shape index (κ1) is 39.5. The summed E-state index contributed by atoms with van der Waals surface area (Å²) in [4.78, 5) is 2.27. The van der Waals surface area contributed by atoms with E-state index in [1.807, 2.05) is 6.07 Å². The number of alkyl halides is 7. The molecule has 0 radical (unpaired) electrons. The fraction of sp³-hybridized carbons (Fsp3) is 0.385. The summed E-state index contributed by atoms with van der Waals surface area (Å²) in [5.41, 5.74) is 4.54. The van der Waals surface area contributed by atoms with E-state index < -0.39 is 23.2 Å². The molecule has 6 rings (SSSR count). The van der Waals surface area contributed by atoms with Gasteiger partial charge < -0.3 is 4.90 Å². The molecule has 0 fully saturated rings. The highest BCUT2D eigenvalue weighted by atomic mass is 79.9. The van der Waals surface area contributed by atoms with E-state index in [1.54, 1.807) is 42.0 Å². The number of fused-ring (bicyclic) bond motifs is 2. The molecule has 2 aliphatic rings. The molecule has 0 saturated heterocycles. The molecule has 0 spiro atoms. The normalized spacial score (nSPS) is 14.3. The third-order valence-corrected chi connectivity index (χ3v) is 11.0. The zero-order valence-electron chi connectivity index (χ0n) is 27.9. The summed E-state index contributed by atoms with van der Waals surface area (Å²) in [6.07, 6.45) is -3.59. The fourth-order valence-electron chi connectivity index (χ4n) is 5.73. The molecule has 4 aromatic carbocycles. The van der Waals surface area contributed by atoms with Crippen molar-refractivity contribution < 1.29 is 26.3 Å². The van der Waals surface area contributed by atoms with E-state index in [4.69, 9.17) is 0 Å². The highest BCUT2D eigenvalue weighted by Gasteiger charge is 2.49. The van der Waals surface area contributed by atoms with Crippen LogP contribution in [-0.4, -0.2) is 18.9 Å². The summed E-state index contributed by atoms with van der Waals surface area (Å²) >= 11 is 10.2. The van der Waals surface area contributed by atoms with Gasteiger partial charge in [-0.2, -0.15) is 26.3 Å². The van der Waals surface area contributed by atoms with Gasteiger partial charge in [0, 0.05) is 33.1 Å². The Morgan fingerprint density at radius 1 is 0.571 bits per heavy atom. The number of aryl methyl sites for hydroxylation is 2. The van der Waals surface area contributed by atoms with Gasteiger partial charge in [0.1, 0.15) is 0 Å². The van der Waals surface area contributed by atoms with Gasteiger partial charge in [0.2, 0.25) is 0 Å². The van der Waals surface area contributed by atoms with Crippen LogP contribution in [0.1, 0.15) is 73.1 Å². The Balaban J connectivity index is 0.000000183. The molecule has 264 valence electrons. The van der Waals surface area contributed by atoms with Crippen LogP contribution in [0.5, 0.6) is 0 Å². The van der Waals surface area contributed by atoms with Crippen LogP contribution in [0.2, 0.25) is 0 Å². The first-order chi connectivity index (χ1) is 22.8. The molecule has 4 aromatic rings. The van der Waals surface area contributed by atoms with Gasteiger partial charge in [-0.25, -0.2) is 0 Å². The van der Waals surface area contributed by atoms with Crippen molar-refractivity contribution in [3.8, 4) is 0 Å². The molecule has 49 heavy (non-hydrogen) atoms. The van der Waals surface area contributed by atoms with Crippen LogP contribution >= 0.6 is 47.8 Å². The zero-order chi connectivity index (χ0) is 36.2. The Bertz CT molecular complexity index is 1690. The number of benzene rings is 4. The van der Waals surface area contributed by atoms with Crippen LogP contribution in [0.25, 0.3) is 0 Å². The van der Waals surface area contributed by atoms with Gasteiger partial charge >= 0.3 is 12.4 Å². The van der Waals surface area contributed by atoms with Crippen LogP contribution in [0.3, 0.4) is 0 Å². The van der Waals surface area contributed by atoms with Crippen LogP contribution in [0.15, 0.2) is 93.9 Å². The van der Waals surface area contributed by atoms with E-state index in [1.165, 1.54) is 80.4 Å². The van der Waals surface area contributed by atoms with Crippen LogP contribution in [0.4, 0.5) is 32.0 Å². The molecule has 0 unspecified atom stereocenters. The average molecular weight is 876 g/mol. The van der Waals surface area contributed by atoms with Gasteiger partial charge in [0.05, 0.1) is 10.8 Å². The second-order valence-corrected chi connectivity index (χ2v) is 15.9. The highest BCUT2D eigenvalue weighted by molar-refractivity contribution is 9.10. The SMILES string of the molecule is Brc1ccc2c(c1)CCC2.CC(C)(c1ccc(CBr)cc1)C(F)(F)F.CC(C)(c1ccc(CN2CCc3cc(Br)ccc32)cc1)C(F)(F)F. The molecule has 1 aliphatic heterocycles. The molecule has 0 N–H and O–H groups in total. The molecule has 0 atom stereocenters. The average Bonchev–Trinajstić information content (AvgIpc) is 3.67. The number of hydrogen-bond acceptors (Lipinski definition) is 1. The van der Waals surface area contributed by atoms with E-state index in [-0.39, 0.29) is 0 Å². The lowest BCUT2D eigenvalue weighted by Gasteiger charge is -2.28. The molecular weight excluding hydrogens is 836 g/mol. The third-order valence-electron chi connectivity index (χ3n) is 9.39.